The van der Waals surface area contributed by atoms with Crippen molar-refractivity contribution in [1.29, 1.82) is 0 Å². The summed E-state index contributed by atoms with van der Waals surface area (Å²) in [5.74, 6) is 0. The molecule has 0 bridgehead atoms. The van der Waals surface area contributed by atoms with Gasteiger partial charge in [0.25, 0.3) is 0 Å². The highest BCUT2D eigenvalue weighted by Crippen LogP contribution is 2.14. The van der Waals surface area contributed by atoms with Crippen LogP contribution in [0.4, 0.5) is 5.69 Å². The van der Waals surface area contributed by atoms with Crippen LogP contribution in [0.15, 0.2) is 53.0 Å². The van der Waals surface area contributed by atoms with Crippen molar-refractivity contribution in [2.45, 2.75) is 6.61 Å². The second-order valence-corrected chi connectivity index (χ2v) is 5.47. The molecule has 0 saturated carbocycles. The molecule has 0 aliphatic carbocycles. The van der Waals surface area contributed by atoms with Crippen molar-refractivity contribution in [2.24, 2.45) is 0 Å². The van der Waals surface area contributed by atoms with Crippen LogP contribution >= 0.6 is 27.5 Å². The van der Waals surface area contributed by atoms with Gasteiger partial charge in [-0.25, -0.2) is 0 Å². The van der Waals surface area contributed by atoms with Crippen LogP contribution < -0.4 is 5.32 Å². The molecule has 0 fully saturated rings. The molecular formula is C15H15BrClNO. The smallest absolute Gasteiger partial charge is 0.0717 e. The van der Waals surface area contributed by atoms with Gasteiger partial charge in [0.2, 0.25) is 0 Å². The molecule has 0 aliphatic heterocycles. The number of nitrogens with one attached hydrogen (secondary N) is 1. The maximum absolute atomic E-state index is 5.90. The van der Waals surface area contributed by atoms with Gasteiger partial charge in [-0.3, -0.25) is 0 Å². The predicted octanol–water partition coefficient (Wildman–Crippen LogP) is 4.73. The third-order valence-corrected chi connectivity index (χ3v) is 3.35. The van der Waals surface area contributed by atoms with Crippen LogP contribution in [0.3, 0.4) is 0 Å². The first-order valence-corrected chi connectivity index (χ1v) is 7.23. The van der Waals surface area contributed by atoms with E-state index < -0.39 is 0 Å². The van der Waals surface area contributed by atoms with Crippen molar-refractivity contribution < 1.29 is 4.74 Å². The molecular weight excluding hydrogens is 326 g/mol. The normalized spacial score (nSPS) is 10.4. The van der Waals surface area contributed by atoms with E-state index in [1.54, 1.807) is 0 Å². The monoisotopic (exact) mass is 339 g/mol. The molecule has 100 valence electrons. The fourth-order valence-corrected chi connectivity index (χ4v) is 2.09. The van der Waals surface area contributed by atoms with Crippen molar-refractivity contribution in [3.05, 3.63) is 63.6 Å². The minimum atomic E-state index is 0.629. The molecule has 4 heteroatoms. The maximum atomic E-state index is 5.90. The number of hydrogen-bond donors (Lipinski definition) is 1. The van der Waals surface area contributed by atoms with E-state index in [2.05, 4.69) is 33.4 Å². The van der Waals surface area contributed by atoms with Crippen LogP contribution in [-0.4, -0.2) is 13.2 Å². The van der Waals surface area contributed by atoms with Gasteiger partial charge in [0.15, 0.2) is 0 Å². The van der Waals surface area contributed by atoms with Crippen LogP contribution in [0.5, 0.6) is 0 Å². The maximum Gasteiger partial charge on any atom is 0.0717 e. The van der Waals surface area contributed by atoms with Crippen LogP contribution in [0.25, 0.3) is 0 Å². The molecule has 19 heavy (non-hydrogen) atoms. The van der Waals surface area contributed by atoms with E-state index in [9.17, 15) is 0 Å². The van der Waals surface area contributed by atoms with Crippen molar-refractivity contribution in [2.75, 3.05) is 18.5 Å². The number of halogens is 2. The highest BCUT2D eigenvalue weighted by Gasteiger charge is 1.95. The minimum Gasteiger partial charge on any atom is -0.383 e. The summed E-state index contributed by atoms with van der Waals surface area (Å²) in [5.41, 5.74) is 2.19. The van der Waals surface area contributed by atoms with E-state index in [1.165, 1.54) is 5.56 Å². The Hall–Kier alpha value is -1.03. The van der Waals surface area contributed by atoms with Gasteiger partial charge in [-0.2, -0.15) is 0 Å². The fraction of sp³-hybridized carbons (Fsp3) is 0.200. The third kappa shape index (κ3) is 5.23. The van der Waals surface area contributed by atoms with E-state index in [0.29, 0.717) is 13.2 Å². The zero-order chi connectivity index (χ0) is 13.5. The third-order valence-electron chi connectivity index (χ3n) is 2.58. The van der Waals surface area contributed by atoms with Gasteiger partial charge in [-0.05, 0) is 35.9 Å². The Morgan fingerprint density at radius 3 is 2.63 bits per heavy atom. The summed E-state index contributed by atoms with van der Waals surface area (Å²) in [7, 11) is 0. The summed E-state index contributed by atoms with van der Waals surface area (Å²) in [6, 6.07) is 15.8. The average Bonchev–Trinajstić information content (AvgIpc) is 2.41. The molecule has 0 saturated heterocycles. The van der Waals surface area contributed by atoms with Gasteiger partial charge >= 0.3 is 0 Å². The number of rotatable bonds is 6. The van der Waals surface area contributed by atoms with Crippen LogP contribution in [0.2, 0.25) is 5.02 Å². The number of ether oxygens (including phenoxy) is 1. The van der Waals surface area contributed by atoms with E-state index in [-0.39, 0.29) is 0 Å². The van der Waals surface area contributed by atoms with Crippen molar-refractivity contribution in [3.63, 3.8) is 0 Å². The van der Waals surface area contributed by atoms with Crippen molar-refractivity contribution in [1.82, 2.24) is 0 Å². The highest BCUT2D eigenvalue weighted by atomic mass is 79.9. The Labute approximate surface area is 126 Å². The molecule has 2 rings (SSSR count). The van der Waals surface area contributed by atoms with Gasteiger partial charge in [0.1, 0.15) is 0 Å². The van der Waals surface area contributed by atoms with Gasteiger partial charge in [0.05, 0.1) is 13.2 Å². The molecule has 0 spiro atoms. The fourth-order valence-electron chi connectivity index (χ4n) is 1.64. The van der Waals surface area contributed by atoms with Crippen molar-refractivity contribution in [3.8, 4) is 0 Å². The van der Waals surface area contributed by atoms with Crippen LogP contribution in [0, 0.1) is 0 Å². The lowest BCUT2D eigenvalue weighted by Gasteiger charge is -2.08. The van der Waals surface area contributed by atoms with E-state index >= 15 is 0 Å². The lowest BCUT2D eigenvalue weighted by atomic mass is 10.2. The molecule has 0 heterocycles. The molecule has 1 N–H and O–H groups in total. The molecule has 0 atom stereocenters. The standard InChI is InChI=1S/C15H15BrClNO/c16-13-6-4-12(5-7-13)11-19-9-8-18-15-3-1-2-14(17)10-15/h1-7,10,18H,8-9,11H2. The topological polar surface area (TPSA) is 21.3 Å². The number of benzene rings is 2. The second-order valence-electron chi connectivity index (χ2n) is 4.12. The SMILES string of the molecule is Clc1cccc(NCCOCc2ccc(Br)cc2)c1. The zero-order valence-corrected chi connectivity index (χ0v) is 12.7. The summed E-state index contributed by atoms with van der Waals surface area (Å²) in [6.45, 7) is 2.05. The molecule has 0 amide bonds. The van der Waals surface area contributed by atoms with Crippen LogP contribution in [0.1, 0.15) is 5.56 Å². The first kappa shape index (κ1) is 14.4. The van der Waals surface area contributed by atoms with E-state index in [4.69, 9.17) is 16.3 Å². The highest BCUT2D eigenvalue weighted by molar-refractivity contribution is 9.10. The molecule has 0 aromatic heterocycles. The second kappa shape index (κ2) is 7.53. The van der Waals surface area contributed by atoms with Crippen molar-refractivity contribution >= 4 is 33.2 Å². The molecule has 2 aromatic rings. The van der Waals surface area contributed by atoms with Gasteiger partial charge in [0, 0.05) is 21.7 Å². The van der Waals surface area contributed by atoms with Crippen LogP contribution in [-0.2, 0) is 11.3 Å². The van der Waals surface area contributed by atoms with E-state index in [1.807, 2.05) is 36.4 Å². The Balaban J connectivity index is 1.66. The molecule has 2 aromatic carbocycles. The Morgan fingerprint density at radius 2 is 1.89 bits per heavy atom. The summed E-state index contributed by atoms with van der Waals surface area (Å²) in [5, 5.41) is 4.00. The lowest BCUT2D eigenvalue weighted by Crippen LogP contribution is -2.09. The van der Waals surface area contributed by atoms with Gasteiger partial charge in [-0.15, -0.1) is 0 Å². The lowest BCUT2D eigenvalue weighted by molar-refractivity contribution is 0.130. The molecule has 0 aliphatic rings. The summed E-state index contributed by atoms with van der Waals surface area (Å²) in [4.78, 5) is 0. The molecule has 0 unspecified atom stereocenters. The first-order valence-electron chi connectivity index (χ1n) is 6.06. The number of hydrogen-bond acceptors (Lipinski definition) is 2. The summed E-state index contributed by atoms with van der Waals surface area (Å²) < 4.78 is 6.68. The zero-order valence-electron chi connectivity index (χ0n) is 10.4. The quantitative estimate of drug-likeness (QED) is 0.768. The van der Waals surface area contributed by atoms with E-state index in [0.717, 1.165) is 21.7 Å². The van der Waals surface area contributed by atoms with Gasteiger partial charge in [-0.1, -0.05) is 45.7 Å². The average molecular weight is 341 g/mol. The Bertz CT molecular complexity index is 516. The summed E-state index contributed by atoms with van der Waals surface area (Å²) >= 11 is 9.31. The summed E-state index contributed by atoms with van der Waals surface area (Å²) in [6.07, 6.45) is 0. The minimum absolute atomic E-state index is 0.629. The Morgan fingerprint density at radius 1 is 1.11 bits per heavy atom. The predicted molar refractivity (Wildman–Crippen MR) is 83.7 cm³/mol. The number of anilines is 1. The Kier molecular flexibility index (Phi) is 5.70. The molecule has 0 radical (unpaired) electrons. The van der Waals surface area contributed by atoms with Gasteiger partial charge < -0.3 is 10.1 Å². The first-order chi connectivity index (χ1) is 9.24. The largest absolute Gasteiger partial charge is 0.383 e. The molecule has 2 nitrogen and oxygen atoms in total.